The van der Waals surface area contributed by atoms with Gasteiger partial charge in [0, 0.05) is 35.9 Å². The average Bonchev–Trinajstić information content (AvgIpc) is 3.59. The Hall–Kier alpha value is -4.55. The van der Waals surface area contributed by atoms with Gasteiger partial charge in [-0.25, -0.2) is 0 Å². The fourth-order valence-electron chi connectivity index (χ4n) is 5.08. The molecule has 4 aromatic rings. The van der Waals surface area contributed by atoms with E-state index in [1.165, 1.54) is 23.9 Å². The van der Waals surface area contributed by atoms with E-state index in [0.29, 0.717) is 24.6 Å². The molecule has 1 unspecified atom stereocenters. The molecule has 3 aromatic heterocycles. The Morgan fingerprint density at radius 2 is 1.98 bits per heavy atom. The Bertz CT molecular complexity index is 1590. The first-order chi connectivity index (χ1) is 20.3. The number of halogens is 3. The van der Waals surface area contributed by atoms with Gasteiger partial charge in [0.2, 0.25) is 5.91 Å². The third-order valence-electron chi connectivity index (χ3n) is 7.24. The van der Waals surface area contributed by atoms with Crippen molar-refractivity contribution in [2.45, 2.75) is 57.0 Å². The number of amides is 1. The highest BCUT2D eigenvalue weighted by molar-refractivity contribution is 5.95. The van der Waals surface area contributed by atoms with Gasteiger partial charge in [0.25, 0.3) is 0 Å². The van der Waals surface area contributed by atoms with Gasteiger partial charge < -0.3 is 15.0 Å². The van der Waals surface area contributed by atoms with Gasteiger partial charge in [-0.2, -0.15) is 10.2 Å². The number of hydrogen-bond donors (Lipinski definition) is 2. The Kier molecular flexibility index (Phi) is 7.72. The summed E-state index contributed by atoms with van der Waals surface area (Å²) >= 11 is 0. The van der Waals surface area contributed by atoms with Gasteiger partial charge in [-0.15, -0.1) is 18.3 Å². The van der Waals surface area contributed by atoms with Crippen molar-refractivity contribution < 1.29 is 22.7 Å². The lowest BCUT2D eigenvalue weighted by atomic mass is 10.0. The number of unbranched alkanes of at least 4 members (excludes halogenated alkanes) is 1. The molecule has 1 fully saturated rings. The molecule has 6 rings (SSSR count). The molecule has 2 N–H and O–H groups in total. The molecule has 10 nitrogen and oxygen atoms in total. The monoisotopic (exact) mass is 578 g/mol. The zero-order valence-corrected chi connectivity index (χ0v) is 22.6. The molecule has 218 valence electrons. The van der Waals surface area contributed by atoms with Crippen LogP contribution in [0.1, 0.15) is 48.6 Å². The molecule has 13 heteroatoms. The largest absolute Gasteiger partial charge is 0.573 e. The number of rotatable bonds is 11. The first kappa shape index (κ1) is 27.6. The van der Waals surface area contributed by atoms with E-state index >= 15 is 0 Å². The van der Waals surface area contributed by atoms with Crippen molar-refractivity contribution in [1.29, 1.82) is 0 Å². The van der Waals surface area contributed by atoms with Crippen LogP contribution >= 0.6 is 0 Å². The third kappa shape index (κ3) is 6.67. The van der Waals surface area contributed by atoms with Crippen LogP contribution < -0.4 is 10.1 Å². The molecule has 1 amide bonds. The molecule has 1 atom stereocenters. The highest BCUT2D eigenvalue weighted by atomic mass is 19.4. The summed E-state index contributed by atoms with van der Waals surface area (Å²) in [5, 5.41) is 22.6. The quantitative estimate of drug-likeness (QED) is 0.227. The number of nitrogens with one attached hydrogen (secondary N) is 2. The van der Waals surface area contributed by atoms with Crippen LogP contribution in [0.5, 0.6) is 5.75 Å². The number of ether oxygens (including phenoxy) is 1. The number of aryl methyl sites for hydroxylation is 1. The van der Waals surface area contributed by atoms with Crippen LogP contribution in [0, 0.1) is 0 Å². The topological polar surface area (TPSA) is 121 Å². The third-order valence-corrected chi connectivity index (χ3v) is 7.24. The van der Waals surface area contributed by atoms with Crippen molar-refractivity contribution >= 4 is 16.9 Å². The van der Waals surface area contributed by atoms with Crippen LogP contribution in [0.25, 0.3) is 22.3 Å². The summed E-state index contributed by atoms with van der Waals surface area (Å²) in [5.74, 6) is -0.159. The Labute approximate surface area is 239 Å². The summed E-state index contributed by atoms with van der Waals surface area (Å²) in [5.41, 5.74) is 5.42. The van der Waals surface area contributed by atoms with Crippen LogP contribution in [-0.2, 0) is 17.8 Å². The molecular formula is C29H29F3N8O2. The van der Waals surface area contributed by atoms with E-state index in [1.807, 2.05) is 18.2 Å². The summed E-state index contributed by atoms with van der Waals surface area (Å²) < 4.78 is 41.3. The van der Waals surface area contributed by atoms with Gasteiger partial charge in [0.05, 0.1) is 17.9 Å². The van der Waals surface area contributed by atoms with E-state index in [9.17, 15) is 18.0 Å². The number of carbonyl (C=O) groups is 1. The van der Waals surface area contributed by atoms with Crippen LogP contribution in [-0.4, -0.2) is 56.6 Å². The predicted octanol–water partition coefficient (Wildman–Crippen LogP) is 5.49. The summed E-state index contributed by atoms with van der Waals surface area (Å²) in [6.07, 6.45) is 1.80. The number of alkyl halides is 3. The van der Waals surface area contributed by atoms with Crippen LogP contribution in [0.2, 0.25) is 0 Å². The number of benzene rings is 1. The standard InChI is InChI=1S/C29H29F3N8O2/c30-29(31,32)42-21-8-5-6-18(14-21)16-34-28(41)24-17-40(39-37-24)13-4-2-7-20-15-22-25(23-9-1-3-12-33-23)26(19-10-11-19)35-27(22)38-36-20/h1,3,5-6,8-9,12,14-15,19,24H,2,4,7,10-11,13,16-17H2,(H,34,41)(H,35,38). The Morgan fingerprint density at radius 1 is 1.10 bits per heavy atom. The Balaban J connectivity index is 0.977. The zero-order valence-electron chi connectivity index (χ0n) is 22.6. The molecule has 4 heterocycles. The smallest absolute Gasteiger partial charge is 0.406 e. The number of fused-ring (bicyclic) bond motifs is 1. The highest BCUT2D eigenvalue weighted by Crippen LogP contribution is 2.46. The van der Waals surface area contributed by atoms with Crippen molar-refractivity contribution in [3.05, 3.63) is 71.7 Å². The molecule has 42 heavy (non-hydrogen) atoms. The van der Waals surface area contributed by atoms with Gasteiger partial charge >= 0.3 is 6.36 Å². The SMILES string of the molecule is O=C(NCc1cccc(OC(F)(F)F)c1)C1CN(CCCCc2cc3c(-c4ccccn4)c(C4CC4)[nH]c3nn2)N=N1. The first-order valence-electron chi connectivity index (χ1n) is 13.9. The lowest BCUT2D eigenvalue weighted by molar-refractivity contribution is -0.274. The lowest BCUT2D eigenvalue weighted by Gasteiger charge is -2.14. The van der Waals surface area contributed by atoms with E-state index in [2.05, 4.69) is 46.6 Å². The maximum Gasteiger partial charge on any atom is 0.573 e. The molecule has 0 saturated heterocycles. The van der Waals surface area contributed by atoms with Crippen molar-refractivity contribution in [2.24, 2.45) is 10.3 Å². The summed E-state index contributed by atoms with van der Waals surface area (Å²) in [6, 6.07) is 12.8. The zero-order chi connectivity index (χ0) is 29.1. The van der Waals surface area contributed by atoms with Gasteiger partial charge in [-0.3, -0.25) is 14.8 Å². The van der Waals surface area contributed by atoms with Crippen molar-refractivity contribution in [1.82, 2.24) is 30.5 Å². The molecule has 1 aliphatic carbocycles. The van der Waals surface area contributed by atoms with E-state index in [4.69, 9.17) is 0 Å². The normalized spacial score (nSPS) is 16.7. The minimum Gasteiger partial charge on any atom is -0.406 e. The molecule has 0 radical (unpaired) electrons. The highest BCUT2D eigenvalue weighted by Gasteiger charge is 2.32. The lowest BCUT2D eigenvalue weighted by Crippen LogP contribution is -2.36. The maximum absolute atomic E-state index is 12.6. The summed E-state index contributed by atoms with van der Waals surface area (Å²) in [6.45, 7) is 1.03. The number of pyridine rings is 1. The van der Waals surface area contributed by atoms with Gasteiger partial charge in [-0.1, -0.05) is 23.4 Å². The molecule has 0 spiro atoms. The fourth-order valence-corrected chi connectivity index (χ4v) is 5.08. The fraction of sp³-hybridized carbons (Fsp3) is 0.379. The summed E-state index contributed by atoms with van der Waals surface area (Å²) in [4.78, 5) is 20.6. The van der Waals surface area contributed by atoms with Crippen molar-refractivity contribution in [2.75, 3.05) is 13.1 Å². The van der Waals surface area contributed by atoms with Crippen LogP contribution in [0.15, 0.2) is 65.1 Å². The predicted molar refractivity (Wildman–Crippen MR) is 147 cm³/mol. The van der Waals surface area contributed by atoms with Crippen LogP contribution in [0.3, 0.4) is 0 Å². The van der Waals surface area contributed by atoms with Crippen molar-refractivity contribution in [3.63, 3.8) is 0 Å². The van der Waals surface area contributed by atoms with E-state index < -0.39 is 12.4 Å². The number of hydrogen-bond acceptors (Lipinski definition) is 8. The first-order valence-corrected chi connectivity index (χ1v) is 13.9. The molecular weight excluding hydrogens is 549 g/mol. The van der Waals surface area contributed by atoms with Gasteiger partial charge in [0.1, 0.15) is 5.75 Å². The second kappa shape index (κ2) is 11.7. The van der Waals surface area contributed by atoms with E-state index in [1.54, 1.807) is 17.3 Å². The molecule has 0 bridgehead atoms. The van der Waals surface area contributed by atoms with Gasteiger partial charge in [0.15, 0.2) is 11.7 Å². The maximum atomic E-state index is 12.6. The van der Waals surface area contributed by atoms with Crippen molar-refractivity contribution in [3.8, 4) is 17.0 Å². The molecule has 1 saturated carbocycles. The molecule has 1 aromatic carbocycles. The van der Waals surface area contributed by atoms with E-state index in [-0.39, 0.29) is 18.2 Å². The Morgan fingerprint density at radius 3 is 2.76 bits per heavy atom. The molecule has 1 aliphatic heterocycles. The number of H-pyrrole nitrogens is 1. The number of carbonyl (C=O) groups excluding carboxylic acids is 1. The average molecular weight is 579 g/mol. The number of aromatic nitrogens is 4. The second-order valence-electron chi connectivity index (χ2n) is 10.5. The number of aromatic amines is 1. The minimum absolute atomic E-state index is 0.0522. The van der Waals surface area contributed by atoms with E-state index in [0.717, 1.165) is 60.1 Å². The summed E-state index contributed by atoms with van der Waals surface area (Å²) in [7, 11) is 0. The minimum atomic E-state index is -4.78. The van der Waals surface area contributed by atoms with Gasteiger partial charge in [-0.05, 0) is 73.9 Å². The second-order valence-corrected chi connectivity index (χ2v) is 10.5. The number of nitrogens with zero attached hydrogens (tertiary/aromatic N) is 6. The van der Waals surface area contributed by atoms with Crippen LogP contribution in [0.4, 0.5) is 13.2 Å². The molecule has 2 aliphatic rings.